The third-order valence-electron chi connectivity index (χ3n) is 5.07. The van der Waals surface area contributed by atoms with Crippen LogP contribution in [0.2, 0.25) is 0 Å². The highest BCUT2D eigenvalue weighted by atomic mass is 16.5. The highest BCUT2D eigenvalue weighted by molar-refractivity contribution is 5.85. The van der Waals surface area contributed by atoms with Crippen LogP contribution in [0, 0.1) is 13.8 Å². The number of rotatable bonds is 7. The zero-order valence-electron chi connectivity index (χ0n) is 18.0. The molecule has 150 valence electrons. The van der Waals surface area contributed by atoms with Crippen LogP contribution in [0.1, 0.15) is 56.5 Å². The molecule has 3 aromatic rings. The van der Waals surface area contributed by atoms with Gasteiger partial charge in [0.15, 0.2) is 0 Å². The van der Waals surface area contributed by atoms with Crippen LogP contribution in [0.5, 0.6) is 5.88 Å². The van der Waals surface area contributed by atoms with E-state index in [4.69, 9.17) is 19.4 Å². The first-order valence-corrected chi connectivity index (χ1v) is 9.99. The maximum absolute atomic E-state index is 5.88. The Morgan fingerprint density at radius 2 is 1.82 bits per heavy atom. The van der Waals surface area contributed by atoms with E-state index in [1.807, 2.05) is 6.92 Å². The molecule has 28 heavy (non-hydrogen) atoms. The summed E-state index contributed by atoms with van der Waals surface area (Å²) in [6.45, 7) is 13.9. The highest BCUT2D eigenvalue weighted by Gasteiger charge is 2.18. The van der Waals surface area contributed by atoms with Crippen molar-refractivity contribution in [2.24, 2.45) is 0 Å². The van der Waals surface area contributed by atoms with E-state index >= 15 is 0 Å². The Balaban J connectivity index is 2.17. The number of aromatic nitrogens is 3. The molecule has 0 radical (unpaired) electrons. The molecule has 0 bridgehead atoms. The molecule has 3 heterocycles. The quantitative estimate of drug-likeness (QED) is 0.546. The SMILES string of the molecule is CCOc1nc(C(C)C)ccc1-c1nc2c(C)cn(C(C)COC)c2cc1C. The lowest BCUT2D eigenvalue weighted by atomic mass is 10.0. The second-order valence-corrected chi connectivity index (χ2v) is 7.72. The van der Waals surface area contributed by atoms with E-state index in [1.165, 1.54) is 0 Å². The second kappa shape index (κ2) is 8.31. The first-order valence-electron chi connectivity index (χ1n) is 9.99. The average molecular weight is 382 g/mol. The molecule has 0 aromatic carbocycles. The Morgan fingerprint density at radius 1 is 1.07 bits per heavy atom. The van der Waals surface area contributed by atoms with Gasteiger partial charge in [0.05, 0.1) is 41.5 Å². The molecular formula is C23H31N3O2. The first-order chi connectivity index (χ1) is 13.4. The molecular weight excluding hydrogens is 350 g/mol. The Morgan fingerprint density at radius 3 is 2.46 bits per heavy atom. The molecule has 0 N–H and O–H groups in total. The summed E-state index contributed by atoms with van der Waals surface area (Å²) in [6.07, 6.45) is 2.16. The predicted octanol–water partition coefficient (Wildman–Crippen LogP) is 5.44. The Labute approximate surface area is 167 Å². The van der Waals surface area contributed by atoms with Crippen molar-refractivity contribution in [2.45, 2.75) is 53.5 Å². The maximum Gasteiger partial charge on any atom is 0.223 e. The van der Waals surface area contributed by atoms with E-state index in [-0.39, 0.29) is 6.04 Å². The van der Waals surface area contributed by atoms with Crippen molar-refractivity contribution in [1.29, 1.82) is 0 Å². The van der Waals surface area contributed by atoms with Gasteiger partial charge in [-0.15, -0.1) is 0 Å². The Bertz CT molecular complexity index is 976. The molecule has 0 saturated heterocycles. The van der Waals surface area contributed by atoms with Gasteiger partial charge in [-0.3, -0.25) is 0 Å². The van der Waals surface area contributed by atoms with Gasteiger partial charge >= 0.3 is 0 Å². The summed E-state index contributed by atoms with van der Waals surface area (Å²) in [6, 6.07) is 6.63. The van der Waals surface area contributed by atoms with Crippen molar-refractivity contribution in [3.05, 3.63) is 41.2 Å². The topological polar surface area (TPSA) is 49.2 Å². The van der Waals surface area contributed by atoms with Gasteiger partial charge in [0, 0.05) is 19.0 Å². The molecule has 1 unspecified atom stereocenters. The fourth-order valence-corrected chi connectivity index (χ4v) is 3.59. The second-order valence-electron chi connectivity index (χ2n) is 7.72. The lowest BCUT2D eigenvalue weighted by Crippen LogP contribution is -2.10. The number of fused-ring (bicyclic) bond motifs is 1. The lowest BCUT2D eigenvalue weighted by molar-refractivity contribution is 0.164. The van der Waals surface area contributed by atoms with Crippen LogP contribution in [0.25, 0.3) is 22.3 Å². The van der Waals surface area contributed by atoms with Crippen molar-refractivity contribution in [2.75, 3.05) is 20.3 Å². The maximum atomic E-state index is 5.88. The molecule has 0 saturated carbocycles. The van der Waals surface area contributed by atoms with E-state index in [1.54, 1.807) is 7.11 Å². The summed E-state index contributed by atoms with van der Waals surface area (Å²) in [7, 11) is 1.74. The summed E-state index contributed by atoms with van der Waals surface area (Å²) in [5.74, 6) is 1.01. The summed E-state index contributed by atoms with van der Waals surface area (Å²) >= 11 is 0. The largest absolute Gasteiger partial charge is 0.477 e. The zero-order chi connectivity index (χ0) is 20.4. The van der Waals surface area contributed by atoms with E-state index in [0.29, 0.717) is 25.0 Å². The molecule has 0 aliphatic heterocycles. The molecule has 0 aliphatic rings. The van der Waals surface area contributed by atoms with Gasteiger partial charge in [-0.25, -0.2) is 9.97 Å². The minimum atomic E-state index is 0.249. The Kier molecular flexibility index (Phi) is 6.04. The fraction of sp³-hybridized carbons (Fsp3) is 0.478. The molecule has 3 rings (SSSR count). The van der Waals surface area contributed by atoms with Crippen LogP contribution in [0.15, 0.2) is 24.4 Å². The average Bonchev–Trinajstić information content (AvgIpc) is 2.97. The minimum Gasteiger partial charge on any atom is -0.477 e. The Hall–Kier alpha value is -2.40. The summed E-state index contributed by atoms with van der Waals surface area (Å²) in [4.78, 5) is 9.80. The molecule has 0 amide bonds. The zero-order valence-corrected chi connectivity index (χ0v) is 18.0. The fourth-order valence-electron chi connectivity index (χ4n) is 3.59. The van der Waals surface area contributed by atoms with Crippen molar-refractivity contribution < 1.29 is 9.47 Å². The van der Waals surface area contributed by atoms with Crippen LogP contribution in [0.3, 0.4) is 0 Å². The van der Waals surface area contributed by atoms with Gasteiger partial charge in [0.2, 0.25) is 5.88 Å². The lowest BCUT2D eigenvalue weighted by Gasteiger charge is -2.16. The van der Waals surface area contributed by atoms with Crippen LogP contribution < -0.4 is 4.74 Å². The standard InChI is InChI=1S/C23H31N3O2/c1-8-28-23-18(9-10-19(24-23)14(2)3)21-15(4)11-20-22(25-21)16(5)12-26(20)17(6)13-27-7/h9-12,14,17H,8,13H2,1-7H3. The minimum absolute atomic E-state index is 0.249. The van der Waals surface area contributed by atoms with E-state index in [0.717, 1.165) is 39.1 Å². The van der Waals surface area contributed by atoms with Gasteiger partial charge in [-0.2, -0.15) is 0 Å². The number of methoxy groups -OCH3 is 1. The van der Waals surface area contributed by atoms with Crippen molar-refractivity contribution in [1.82, 2.24) is 14.5 Å². The van der Waals surface area contributed by atoms with Crippen molar-refractivity contribution in [3.63, 3.8) is 0 Å². The third-order valence-corrected chi connectivity index (χ3v) is 5.07. The monoisotopic (exact) mass is 381 g/mol. The number of nitrogens with zero attached hydrogens (tertiary/aromatic N) is 3. The first kappa shape index (κ1) is 20.3. The van der Waals surface area contributed by atoms with E-state index in [9.17, 15) is 0 Å². The van der Waals surface area contributed by atoms with Crippen LogP contribution >= 0.6 is 0 Å². The normalized spacial score (nSPS) is 12.7. The summed E-state index contributed by atoms with van der Waals surface area (Å²) in [5.41, 5.74) is 7.32. The molecule has 5 nitrogen and oxygen atoms in total. The van der Waals surface area contributed by atoms with Crippen molar-refractivity contribution in [3.8, 4) is 17.1 Å². The summed E-state index contributed by atoms with van der Waals surface area (Å²) in [5, 5.41) is 0. The molecule has 0 aliphatic carbocycles. The van der Waals surface area contributed by atoms with E-state index in [2.05, 4.69) is 63.6 Å². The van der Waals surface area contributed by atoms with Gasteiger partial charge < -0.3 is 14.0 Å². The van der Waals surface area contributed by atoms with Crippen molar-refractivity contribution >= 4 is 11.0 Å². The molecule has 3 aromatic heterocycles. The molecule has 1 atom stereocenters. The third kappa shape index (κ3) is 3.76. The van der Waals surface area contributed by atoms with Gasteiger partial charge in [0.25, 0.3) is 0 Å². The van der Waals surface area contributed by atoms with Crippen LogP contribution in [0.4, 0.5) is 0 Å². The van der Waals surface area contributed by atoms with Gasteiger partial charge in [-0.05, 0) is 62.9 Å². The van der Waals surface area contributed by atoms with Gasteiger partial charge in [-0.1, -0.05) is 13.8 Å². The number of pyridine rings is 2. The number of ether oxygens (including phenoxy) is 2. The van der Waals surface area contributed by atoms with Gasteiger partial charge in [0.1, 0.15) is 0 Å². The molecule has 5 heteroatoms. The van der Waals surface area contributed by atoms with E-state index < -0.39 is 0 Å². The smallest absolute Gasteiger partial charge is 0.223 e. The predicted molar refractivity (Wildman–Crippen MR) is 114 cm³/mol. The van der Waals surface area contributed by atoms with Crippen LogP contribution in [-0.2, 0) is 4.74 Å². The highest BCUT2D eigenvalue weighted by Crippen LogP contribution is 2.34. The number of aryl methyl sites for hydroxylation is 2. The van der Waals surface area contributed by atoms with Crippen LogP contribution in [-0.4, -0.2) is 34.9 Å². The molecule has 0 fully saturated rings. The molecule has 0 spiro atoms. The number of hydrogen-bond acceptors (Lipinski definition) is 4. The number of hydrogen-bond donors (Lipinski definition) is 0. The summed E-state index contributed by atoms with van der Waals surface area (Å²) < 4.78 is 13.5.